The predicted octanol–water partition coefficient (Wildman–Crippen LogP) is 4.77. The SMILES string of the molecule is COc1cc(/C=C/C(=O)NC2CCOc3ccc(Cl)cc32)cc(Br)c1OC. The molecule has 0 saturated heterocycles. The Kier molecular flexibility index (Phi) is 6.29. The first-order chi connectivity index (χ1) is 13.0. The average Bonchev–Trinajstić information content (AvgIpc) is 2.66. The Bertz CT molecular complexity index is 885. The van der Waals surface area contributed by atoms with Crippen LogP contribution in [0.5, 0.6) is 17.2 Å². The Labute approximate surface area is 171 Å². The fourth-order valence-electron chi connectivity index (χ4n) is 2.94. The summed E-state index contributed by atoms with van der Waals surface area (Å²) < 4.78 is 17.0. The summed E-state index contributed by atoms with van der Waals surface area (Å²) in [7, 11) is 3.14. The van der Waals surface area contributed by atoms with Gasteiger partial charge in [-0.05, 0) is 57.9 Å². The molecule has 142 valence electrons. The van der Waals surface area contributed by atoms with Crippen molar-refractivity contribution in [2.45, 2.75) is 12.5 Å². The molecular formula is C20H19BrClNO4. The van der Waals surface area contributed by atoms with E-state index in [9.17, 15) is 4.79 Å². The smallest absolute Gasteiger partial charge is 0.244 e. The van der Waals surface area contributed by atoms with Crippen LogP contribution >= 0.6 is 27.5 Å². The van der Waals surface area contributed by atoms with Gasteiger partial charge in [0.2, 0.25) is 5.91 Å². The molecule has 3 rings (SSSR count). The Morgan fingerprint density at radius 2 is 2.11 bits per heavy atom. The number of carbonyl (C=O) groups excluding carboxylic acids is 1. The summed E-state index contributed by atoms with van der Waals surface area (Å²) in [6.07, 6.45) is 3.91. The van der Waals surface area contributed by atoms with Crippen molar-refractivity contribution in [1.82, 2.24) is 5.32 Å². The Morgan fingerprint density at radius 1 is 1.30 bits per heavy atom. The second kappa shape index (κ2) is 8.67. The first-order valence-electron chi connectivity index (χ1n) is 8.34. The van der Waals surface area contributed by atoms with E-state index in [1.54, 1.807) is 32.4 Å². The second-order valence-corrected chi connectivity index (χ2v) is 7.24. The Morgan fingerprint density at radius 3 is 2.85 bits per heavy atom. The Hall–Kier alpha value is -2.18. The van der Waals surface area contributed by atoms with Crippen LogP contribution in [0.2, 0.25) is 5.02 Å². The van der Waals surface area contributed by atoms with Gasteiger partial charge in [0, 0.05) is 23.1 Å². The fourth-order valence-corrected chi connectivity index (χ4v) is 3.74. The quantitative estimate of drug-likeness (QED) is 0.664. The van der Waals surface area contributed by atoms with E-state index < -0.39 is 0 Å². The van der Waals surface area contributed by atoms with Gasteiger partial charge in [0.1, 0.15) is 5.75 Å². The largest absolute Gasteiger partial charge is 0.493 e. The number of amides is 1. The van der Waals surface area contributed by atoms with Gasteiger partial charge in [-0.1, -0.05) is 11.6 Å². The normalized spacial score (nSPS) is 15.8. The topological polar surface area (TPSA) is 56.8 Å². The molecule has 1 aliphatic heterocycles. The number of halogens is 2. The highest BCUT2D eigenvalue weighted by Crippen LogP contribution is 2.37. The maximum Gasteiger partial charge on any atom is 0.244 e. The van der Waals surface area contributed by atoms with Crippen LogP contribution < -0.4 is 19.5 Å². The monoisotopic (exact) mass is 451 g/mol. The number of hydrogen-bond donors (Lipinski definition) is 1. The van der Waals surface area contributed by atoms with Crippen molar-refractivity contribution < 1.29 is 19.0 Å². The summed E-state index contributed by atoms with van der Waals surface area (Å²) in [5, 5.41) is 3.62. The summed E-state index contributed by atoms with van der Waals surface area (Å²) in [6.45, 7) is 0.548. The molecule has 0 aliphatic carbocycles. The van der Waals surface area contributed by atoms with E-state index in [0.29, 0.717) is 29.5 Å². The number of benzene rings is 2. The van der Waals surface area contributed by atoms with Crippen molar-refractivity contribution in [1.29, 1.82) is 0 Å². The lowest BCUT2D eigenvalue weighted by Crippen LogP contribution is -2.30. The minimum Gasteiger partial charge on any atom is -0.493 e. The van der Waals surface area contributed by atoms with Gasteiger partial charge in [-0.3, -0.25) is 4.79 Å². The van der Waals surface area contributed by atoms with Crippen LogP contribution in [0.3, 0.4) is 0 Å². The van der Waals surface area contributed by atoms with Crippen LogP contribution in [0.25, 0.3) is 6.08 Å². The molecule has 2 aromatic rings. The van der Waals surface area contributed by atoms with Crippen LogP contribution in [-0.4, -0.2) is 26.7 Å². The Balaban J connectivity index is 1.74. The van der Waals surface area contributed by atoms with E-state index >= 15 is 0 Å². The molecule has 2 aromatic carbocycles. The van der Waals surface area contributed by atoms with Gasteiger partial charge in [-0.15, -0.1) is 0 Å². The third-order valence-corrected chi connectivity index (χ3v) is 5.04. The highest BCUT2D eigenvalue weighted by atomic mass is 79.9. The standard InChI is InChI=1S/C20H19BrClNO4/c1-25-18-10-12(9-15(21)20(18)26-2)3-6-19(24)23-16-7-8-27-17-5-4-13(22)11-14(16)17/h3-6,9-11,16H,7-8H2,1-2H3,(H,23,24)/b6-3+. The van der Waals surface area contributed by atoms with E-state index in [1.165, 1.54) is 6.08 Å². The number of hydrogen-bond acceptors (Lipinski definition) is 4. The summed E-state index contributed by atoms with van der Waals surface area (Å²) in [5.74, 6) is 1.75. The lowest BCUT2D eigenvalue weighted by molar-refractivity contribution is -0.117. The summed E-state index contributed by atoms with van der Waals surface area (Å²) in [5.41, 5.74) is 1.70. The third-order valence-electron chi connectivity index (χ3n) is 4.21. The molecule has 0 spiro atoms. The molecule has 1 aliphatic rings. The van der Waals surface area contributed by atoms with E-state index in [2.05, 4.69) is 21.2 Å². The van der Waals surface area contributed by atoms with Gasteiger partial charge in [0.15, 0.2) is 11.5 Å². The molecule has 0 fully saturated rings. The first-order valence-corrected chi connectivity index (χ1v) is 9.51. The van der Waals surface area contributed by atoms with Gasteiger partial charge < -0.3 is 19.5 Å². The second-order valence-electron chi connectivity index (χ2n) is 5.95. The van der Waals surface area contributed by atoms with Crippen molar-refractivity contribution in [2.24, 2.45) is 0 Å². The third kappa shape index (κ3) is 4.57. The summed E-state index contributed by atoms with van der Waals surface area (Å²) in [4.78, 5) is 12.4. The van der Waals surface area contributed by atoms with Crippen molar-refractivity contribution in [3.8, 4) is 17.2 Å². The van der Waals surface area contributed by atoms with E-state index in [-0.39, 0.29) is 11.9 Å². The zero-order valence-electron chi connectivity index (χ0n) is 14.9. The number of rotatable bonds is 5. The van der Waals surface area contributed by atoms with Crippen molar-refractivity contribution in [2.75, 3.05) is 20.8 Å². The van der Waals surface area contributed by atoms with E-state index in [4.69, 9.17) is 25.8 Å². The van der Waals surface area contributed by atoms with Gasteiger partial charge in [-0.25, -0.2) is 0 Å². The maximum atomic E-state index is 12.4. The van der Waals surface area contributed by atoms with E-state index in [1.807, 2.05) is 18.2 Å². The van der Waals surface area contributed by atoms with Gasteiger partial charge in [-0.2, -0.15) is 0 Å². The molecule has 5 nitrogen and oxygen atoms in total. The number of methoxy groups -OCH3 is 2. The molecular weight excluding hydrogens is 434 g/mol. The highest BCUT2D eigenvalue weighted by Gasteiger charge is 2.22. The van der Waals surface area contributed by atoms with Crippen LogP contribution in [0.4, 0.5) is 0 Å². The molecule has 0 radical (unpaired) electrons. The van der Waals surface area contributed by atoms with Crippen LogP contribution in [0.1, 0.15) is 23.6 Å². The molecule has 27 heavy (non-hydrogen) atoms. The highest BCUT2D eigenvalue weighted by molar-refractivity contribution is 9.10. The fraction of sp³-hybridized carbons (Fsp3) is 0.250. The minimum atomic E-state index is -0.196. The van der Waals surface area contributed by atoms with Gasteiger partial charge >= 0.3 is 0 Å². The number of carbonyl (C=O) groups is 1. The molecule has 1 atom stereocenters. The molecule has 1 unspecified atom stereocenters. The lowest BCUT2D eigenvalue weighted by atomic mass is 10.0. The van der Waals surface area contributed by atoms with Crippen molar-refractivity contribution in [3.63, 3.8) is 0 Å². The zero-order valence-corrected chi connectivity index (χ0v) is 17.3. The van der Waals surface area contributed by atoms with Crippen LogP contribution in [-0.2, 0) is 4.79 Å². The van der Waals surface area contributed by atoms with Crippen molar-refractivity contribution >= 4 is 39.5 Å². The maximum absolute atomic E-state index is 12.4. The zero-order chi connectivity index (χ0) is 19.4. The molecule has 0 aromatic heterocycles. The van der Waals surface area contributed by atoms with Gasteiger partial charge in [0.05, 0.1) is 31.3 Å². The molecule has 0 saturated carbocycles. The lowest BCUT2D eigenvalue weighted by Gasteiger charge is -2.26. The average molecular weight is 453 g/mol. The summed E-state index contributed by atoms with van der Waals surface area (Å²) in [6, 6.07) is 8.95. The van der Waals surface area contributed by atoms with Crippen LogP contribution in [0, 0.1) is 0 Å². The number of nitrogens with one attached hydrogen (secondary N) is 1. The summed E-state index contributed by atoms with van der Waals surface area (Å²) >= 11 is 9.52. The molecule has 1 heterocycles. The number of fused-ring (bicyclic) bond motifs is 1. The molecule has 1 amide bonds. The van der Waals surface area contributed by atoms with Gasteiger partial charge in [0.25, 0.3) is 0 Å². The van der Waals surface area contributed by atoms with E-state index in [0.717, 1.165) is 21.3 Å². The predicted molar refractivity (Wildman–Crippen MR) is 109 cm³/mol. The minimum absolute atomic E-state index is 0.137. The number of ether oxygens (including phenoxy) is 3. The van der Waals surface area contributed by atoms with Crippen LogP contribution in [0.15, 0.2) is 40.9 Å². The molecule has 1 N–H and O–H groups in total. The van der Waals surface area contributed by atoms with Crippen molar-refractivity contribution in [3.05, 3.63) is 57.0 Å². The molecule has 0 bridgehead atoms. The molecule has 7 heteroatoms. The first kappa shape index (κ1) is 19.6.